The highest BCUT2D eigenvalue weighted by Crippen LogP contribution is 2.30. The van der Waals surface area contributed by atoms with Crippen LogP contribution in [0.2, 0.25) is 0 Å². The van der Waals surface area contributed by atoms with Gasteiger partial charge in [-0.05, 0) is 50.7 Å². The summed E-state index contributed by atoms with van der Waals surface area (Å²) in [5, 5.41) is 5.76. The van der Waals surface area contributed by atoms with Crippen molar-refractivity contribution in [1.29, 1.82) is 0 Å². The molecule has 0 saturated heterocycles. The van der Waals surface area contributed by atoms with Gasteiger partial charge in [0.05, 0.1) is 0 Å². The van der Waals surface area contributed by atoms with Crippen molar-refractivity contribution in [2.24, 2.45) is 11.8 Å². The molecular formula is C19H24F2N2O2. The largest absolute Gasteiger partial charge is 0.353 e. The van der Waals surface area contributed by atoms with E-state index in [0.29, 0.717) is 31.7 Å². The van der Waals surface area contributed by atoms with Crippen LogP contribution < -0.4 is 10.6 Å². The Morgan fingerprint density at radius 2 is 1.44 bits per heavy atom. The van der Waals surface area contributed by atoms with E-state index >= 15 is 0 Å². The summed E-state index contributed by atoms with van der Waals surface area (Å²) in [7, 11) is 0. The van der Waals surface area contributed by atoms with E-state index < -0.39 is 11.6 Å². The summed E-state index contributed by atoms with van der Waals surface area (Å²) in [4.78, 5) is 24.6. The van der Waals surface area contributed by atoms with E-state index in [1.165, 1.54) is 18.9 Å². The van der Waals surface area contributed by atoms with Crippen molar-refractivity contribution in [3.63, 3.8) is 0 Å². The highest BCUT2D eigenvalue weighted by Gasteiger charge is 2.31. The van der Waals surface area contributed by atoms with Gasteiger partial charge in [0.2, 0.25) is 11.8 Å². The average molecular weight is 350 g/mol. The molecule has 3 rings (SSSR count). The van der Waals surface area contributed by atoms with Gasteiger partial charge in [-0.2, -0.15) is 0 Å². The van der Waals surface area contributed by atoms with Crippen LogP contribution in [0.15, 0.2) is 18.2 Å². The molecule has 0 radical (unpaired) electrons. The topological polar surface area (TPSA) is 58.2 Å². The minimum absolute atomic E-state index is 0.0204. The van der Waals surface area contributed by atoms with Crippen molar-refractivity contribution >= 4 is 17.5 Å². The fourth-order valence-corrected chi connectivity index (χ4v) is 3.83. The Balaban J connectivity index is 1.46. The van der Waals surface area contributed by atoms with E-state index in [1.807, 2.05) is 0 Å². The van der Waals surface area contributed by atoms with Gasteiger partial charge < -0.3 is 10.6 Å². The standard InChI is InChI=1S/C19H24F2N2O2/c20-16-10-9-15(11-17(16)21)23-19(25)13-7-5-12(6-8-13)18(24)22-14-3-1-2-4-14/h9-14H,1-8H2,(H,22,24)(H,23,25). The maximum atomic E-state index is 13.2. The van der Waals surface area contributed by atoms with Gasteiger partial charge in [0.25, 0.3) is 0 Å². The average Bonchev–Trinajstić information content (AvgIpc) is 3.11. The van der Waals surface area contributed by atoms with Crippen molar-refractivity contribution < 1.29 is 18.4 Å². The molecule has 0 heterocycles. The summed E-state index contributed by atoms with van der Waals surface area (Å²) in [5.74, 6) is -2.21. The molecule has 4 nitrogen and oxygen atoms in total. The monoisotopic (exact) mass is 350 g/mol. The summed E-state index contributed by atoms with van der Waals surface area (Å²) in [6, 6.07) is 3.64. The lowest BCUT2D eigenvalue weighted by molar-refractivity contribution is -0.129. The number of carbonyl (C=O) groups excluding carboxylic acids is 2. The zero-order valence-electron chi connectivity index (χ0n) is 14.2. The van der Waals surface area contributed by atoms with Crippen LogP contribution in [0.5, 0.6) is 0 Å². The Morgan fingerprint density at radius 3 is 2.04 bits per heavy atom. The van der Waals surface area contributed by atoms with Crippen molar-refractivity contribution in [3.8, 4) is 0 Å². The van der Waals surface area contributed by atoms with E-state index in [4.69, 9.17) is 0 Å². The zero-order valence-corrected chi connectivity index (χ0v) is 14.2. The zero-order chi connectivity index (χ0) is 17.8. The molecule has 2 aliphatic rings. The van der Waals surface area contributed by atoms with Crippen molar-refractivity contribution in [2.45, 2.75) is 57.4 Å². The molecule has 2 aliphatic carbocycles. The van der Waals surface area contributed by atoms with Crippen LogP contribution in [0.25, 0.3) is 0 Å². The second-order valence-corrected chi connectivity index (χ2v) is 7.16. The van der Waals surface area contributed by atoms with Crippen LogP contribution in [0.1, 0.15) is 51.4 Å². The fourth-order valence-electron chi connectivity index (χ4n) is 3.83. The number of hydrogen-bond acceptors (Lipinski definition) is 2. The molecule has 0 aliphatic heterocycles. The molecule has 6 heteroatoms. The Hall–Kier alpha value is -1.98. The second-order valence-electron chi connectivity index (χ2n) is 7.16. The smallest absolute Gasteiger partial charge is 0.227 e. The number of carbonyl (C=O) groups is 2. The number of hydrogen-bond donors (Lipinski definition) is 2. The van der Waals surface area contributed by atoms with Crippen LogP contribution >= 0.6 is 0 Å². The van der Waals surface area contributed by atoms with Gasteiger partial charge in [-0.3, -0.25) is 9.59 Å². The molecule has 1 aromatic rings. The third kappa shape index (κ3) is 4.55. The summed E-state index contributed by atoms with van der Waals surface area (Å²) < 4.78 is 26.1. The first-order chi connectivity index (χ1) is 12.0. The van der Waals surface area contributed by atoms with E-state index in [2.05, 4.69) is 10.6 Å². The van der Waals surface area contributed by atoms with E-state index in [1.54, 1.807) is 0 Å². The number of rotatable bonds is 4. The molecule has 2 saturated carbocycles. The normalized spacial score (nSPS) is 24.1. The van der Waals surface area contributed by atoms with Crippen LogP contribution in [0.3, 0.4) is 0 Å². The van der Waals surface area contributed by atoms with Gasteiger partial charge in [0, 0.05) is 29.6 Å². The fraction of sp³-hybridized carbons (Fsp3) is 0.579. The number of halogens is 2. The van der Waals surface area contributed by atoms with Gasteiger partial charge in [-0.25, -0.2) is 8.78 Å². The Kier molecular flexibility index (Phi) is 5.66. The molecule has 136 valence electrons. The summed E-state index contributed by atoms with van der Waals surface area (Å²) in [6.07, 6.45) is 7.15. The number of amides is 2. The van der Waals surface area contributed by atoms with Gasteiger partial charge >= 0.3 is 0 Å². The van der Waals surface area contributed by atoms with Gasteiger partial charge in [0.1, 0.15) is 0 Å². The lowest BCUT2D eigenvalue weighted by Gasteiger charge is -2.28. The van der Waals surface area contributed by atoms with E-state index in [-0.39, 0.29) is 29.3 Å². The predicted octanol–water partition coefficient (Wildman–Crippen LogP) is 3.77. The molecule has 0 aromatic heterocycles. The SMILES string of the molecule is O=C(Nc1ccc(F)c(F)c1)C1CCC(C(=O)NC2CCCC2)CC1. The van der Waals surface area contributed by atoms with Crippen LogP contribution in [-0.4, -0.2) is 17.9 Å². The molecule has 0 unspecified atom stereocenters. The number of benzene rings is 1. The van der Waals surface area contributed by atoms with Gasteiger partial charge in [0.15, 0.2) is 11.6 Å². The molecule has 2 amide bonds. The first-order valence-electron chi connectivity index (χ1n) is 9.09. The Labute approximate surface area is 146 Å². The minimum atomic E-state index is -0.981. The lowest BCUT2D eigenvalue weighted by atomic mass is 9.81. The van der Waals surface area contributed by atoms with Crippen molar-refractivity contribution in [3.05, 3.63) is 29.8 Å². The predicted molar refractivity (Wildman–Crippen MR) is 90.8 cm³/mol. The van der Waals surface area contributed by atoms with E-state index in [9.17, 15) is 18.4 Å². The second kappa shape index (κ2) is 7.93. The maximum Gasteiger partial charge on any atom is 0.227 e. The number of anilines is 1. The maximum absolute atomic E-state index is 13.2. The van der Waals surface area contributed by atoms with Crippen molar-refractivity contribution in [1.82, 2.24) is 5.32 Å². The molecule has 2 N–H and O–H groups in total. The molecule has 0 bridgehead atoms. The molecule has 0 atom stereocenters. The third-order valence-corrected chi connectivity index (χ3v) is 5.36. The highest BCUT2D eigenvalue weighted by molar-refractivity contribution is 5.92. The number of nitrogens with one attached hydrogen (secondary N) is 2. The Morgan fingerprint density at radius 1 is 0.840 bits per heavy atom. The van der Waals surface area contributed by atoms with E-state index in [0.717, 1.165) is 25.0 Å². The molecule has 25 heavy (non-hydrogen) atoms. The lowest BCUT2D eigenvalue weighted by Crippen LogP contribution is -2.39. The summed E-state index contributed by atoms with van der Waals surface area (Å²) in [5.41, 5.74) is 0.255. The minimum Gasteiger partial charge on any atom is -0.353 e. The van der Waals surface area contributed by atoms with Crippen molar-refractivity contribution in [2.75, 3.05) is 5.32 Å². The Bertz CT molecular complexity index is 636. The van der Waals surface area contributed by atoms with Gasteiger partial charge in [-0.1, -0.05) is 12.8 Å². The highest BCUT2D eigenvalue weighted by atomic mass is 19.2. The molecule has 2 fully saturated rings. The van der Waals surface area contributed by atoms with Gasteiger partial charge in [-0.15, -0.1) is 0 Å². The van der Waals surface area contributed by atoms with Crippen LogP contribution in [0, 0.1) is 23.5 Å². The molecular weight excluding hydrogens is 326 g/mol. The first-order valence-corrected chi connectivity index (χ1v) is 9.09. The molecule has 0 spiro atoms. The summed E-state index contributed by atoms with van der Waals surface area (Å²) in [6.45, 7) is 0. The van der Waals surface area contributed by atoms with Crippen LogP contribution in [0.4, 0.5) is 14.5 Å². The van der Waals surface area contributed by atoms with Crippen LogP contribution in [-0.2, 0) is 9.59 Å². The first kappa shape index (κ1) is 17.8. The third-order valence-electron chi connectivity index (χ3n) is 5.36. The molecule has 1 aromatic carbocycles. The quantitative estimate of drug-likeness (QED) is 0.868. The summed E-state index contributed by atoms with van der Waals surface area (Å²) >= 11 is 0.